The molecule has 0 atom stereocenters. The highest BCUT2D eigenvalue weighted by Gasteiger charge is 2.24. The molecule has 1 aromatic heterocycles. The molecule has 0 unspecified atom stereocenters. The first-order valence-corrected chi connectivity index (χ1v) is 6.23. The molecule has 3 N–H and O–H groups in total. The predicted octanol–water partition coefficient (Wildman–Crippen LogP) is 0.862. The maximum absolute atomic E-state index is 11.7. The fourth-order valence-corrected chi connectivity index (χ4v) is 1.70. The molecule has 0 bridgehead atoms. The minimum Gasteiger partial charge on any atom is -0.452 e. The van der Waals surface area contributed by atoms with Crippen molar-refractivity contribution in [2.75, 3.05) is 12.3 Å². The number of hydrogen-bond acceptors (Lipinski definition) is 5. The lowest BCUT2D eigenvalue weighted by Crippen LogP contribution is -2.30. The standard InChI is InChI=1S/C11H12BrN3O3/c12-8-4-14-9(13)3-7(8)11(17)18-5-10(16)15-6-1-2-6/h3-4,6H,1-2,5H2,(H2,13,14)(H,15,16). The van der Waals surface area contributed by atoms with Gasteiger partial charge < -0.3 is 15.8 Å². The van der Waals surface area contributed by atoms with E-state index >= 15 is 0 Å². The normalized spacial score (nSPS) is 14.1. The molecule has 1 saturated carbocycles. The molecule has 0 radical (unpaired) electrons. The largest absolute Gasteiger partial charge is 0.452 e. The third kappa shape index (κ3) is 3.43. The maximum Gasteiger partial charge on any atom is 0.339 e. The molecule has 1 aliphatic rings. The summed E-state index contributed by atoms with van der Waals surface area (Å²) in [4.78, 5) is 26.9. The molecule has 7 heteroatoms. The lowest BCUT2D eigenvalue weighted by molar-refractivity contribution is -0.124. The average molecular weight is 314 g/mol. The summed E-state index contributed by atoms with van der Waals surface area (Å²) in [5.74, 6) is -0.682. The van der Waals surface area contributed by atoms with E-state index in [2.05, 4.69) is 26.2 Å². The molecule has 2 rings (SSSR count). The molecule has 0 aromatic carbocycles. The zero-order valence-corrected chi connectivity index (χ0v) is 11.1. The third-order valence-electron chi connectivity index (χ3n) is 2.37. The van der Waals surface area contributed by atoms with E-state index in [4.69, 9.17) is 10.5 Å². The Hall–Kier alpha value is -1.63. The van der Waals surface area contributed by atoms with Gasteiger partial charge in [-0.05, 0) is 34.8 Å². The number of carbonyl (C=O) groups excluding carboxylic acids is 2. The Kier molecular flexibility index (Phi) is 3.81. The molecule has 6 nitrogen and oxygen atoms in total. The number of halogens is 1. The number of amides is 1. The van der Waals surface area contributed by atoms with Gasteiger partial charge in [0.2, 0.25) is 0 Å². The van der Waals surface area contributed by atoms with Crippen LogP contribution in [0.25, 0.3) is 0 Å². The summed E-state index contributed by atoms with van der Waals surface area (Å²) in [5.41, 5.74) is 5.73. The first kappa shape index (κ1) is 12.8. The van der Waals surface area contributed by atoms with Gasteiger partial charge in [-0.15, -0.1) is 0 Å². The Morgan fingerprint density at radius 3 is 2.94 bits per heavy atom. The fraction of sp³-hybridized carbons (Fsp3) is 0.364. The summed E-state index contributed by atoms with van der Waals surface area (Å²) in [6, 6.07) is 1.64. The number of rotatable bonds is 4. The number of nitrogens with two attached hydrogens (primary N) is 1. The number of nitrogen functional groups attached to an aromatic ring is 1. The summed E-state index contributed by atoms with van der Waals surface area (Å²) >= 11 is 3.17. The van der Waals surface area contributed by atoms with Gasteiger partial charge in [-0.1, -0.05) is 0 Å². The molecular weight excluding hydrogens is 302 g/mol. The molecule has 0 spiro atoms. The van der Waals surface area contributed by atoms with E-state index < -0.39 is 5.97 Å². The second-order valence-electron chi connectivity index (χ2n) is 4.01. The van der Waals surface area contributed by atoms with Crippen LogP contribution in [0.3, 0.4) is 0 Å². The highest BCUT2D eigenvalue weighted by Crippen LogP contribution is 2.19. The van der Waals surface area contributed by atoms with Crippen LogP contribution < -0.4 is 11.1 Å². The van der Waals surface area contributed by atoms with Crippen LogP contribution in [0.1, 0.15) is 23.2 Å². The zero-order valence-electron chi connectivity index (χ0n) is 9.48. The van der Waals surface area contributed by atoms with E-state index in [1.807, 2.05) is 0 Å². The topological polar surface area (TPSA) is 94.3 Å². The van der Waals surface area contributed by atoms with Crippen LogP contribution in [0.5, 0.6) is 0 Å². The number of hydrogen-bond donors (Lipinski definition) is 2. The average Bonchev–Trinajstić information content (AvgIpc) is 3.13. The predicted molar refractivity (Wildman–Crippen MR) is 67.8 cm³/mol. The maximum atomic E-state index is 11.7. The van der Waals surface area contributed by atoms with Crippen molar-refractivity contribution in [2.45, 2.75) is 18.9 Å². The molecule has 1 aromatic rings. The number of pyridine rings is 1. The lowest BCUT2D eigenvalue weighted by atomic mass is 10.2. The zero-order chi connectivity index (χ0) is 13.1. The summed E-state index contributed by atoms with van der Waals surface area (Å²) in [6.45, 7) is -0.288. The highest BCUT2D eigenvalue weighted by atomic mass is 79.9. The van der Waals surface area contributed by atoms with Gasteiger partial charge in [0.15, 0.2) is 6.61 Å². The molecule has 0 aliphatic heterocycles. The Morgan fingerprint density at radius 1 is 1.56 bits per heavy atom. The van der Waals surface area contributed by atoms with Crippen molar-refractivity contribution >= 4 is 33.6 Å². The van der Waals surface area contributed by atoms with Gasteiger partial charge in [0.05, 0.1) is 10.0 Å². The number of anilines is 1. The lowest BCUT2D eigenvalue weighted by Gasteiger charge is -2.07. The van der Waals surface area contributed by atoms with Crippen molar-refractivity contribution in [3.63, 3.8) is 0 Å². The van der Waals surface area contributed by atoms with Gasteiger partial charge in [0.1, 0.15) is 5.82 Å². The molecule has 1 fully saturated rings. The second-order valence-corrected chi connectivity index (χ2v) is 4.86. The molecule has 0 saturated heterocycles. The summed E-state index contributed by atoms with van der Waals surface area (Å²) < 4.78 is 5.37. The number of carbonyl (C=O) groups is 2. The van der Waals surface area contributed by atoms with E-state index in [0.717, 1.165) is 12.8 Å². The molecule has 1 heterocycles. The van der Waals surface area contributed by atoms with Crippen LogP contribution in [0, 0.1) is 0 Å². The van der Waals surface area contributed by atoms with Crippen molar-refractivity contribution in [3.05, 3.63) is 22.3 Å². The van der Waals surface area contributed by atoms with Gasteiger partial charge in [0, 0.05) is 12.2 Å². The number of nitrogens with one attached hydrogen (secondary N) is 1. The van der Waals surface area contributed by atoms with E-state index in [0.29, 0.717) is 4.47 Å². The Morgan fingerprint density at radius 2 is 2.28 bits per heavy atom. The summed E-state index contributed by atoms with van der Waals surface area (Å²) in [5, 5.41) is 2.72. The van der Waals surface area contributed by atoms with Crippen LogP contribution in [-0.4, -0.2) is 29.5 Å². The van der Waals surface area contributed by atoms with Crippen molar-refractivity contribution < 1.29 is 14.3 Å². The third-order valence-corrected chi connectivity index (χ3v) is 3.01. The van der Waals surface area contributed by atoms with Crippen LogP contribution >= 0.6 is 15.9 Å². The Labute approximate surface area is 112 Å². The number of aromatic nitrogens is 1. The van der Waals surface area contributed by atoms with Crippen molar-refractivity contribution in [3.8, 4) is 0 Å². The first-order chi connectivity index (χ1) is 8.56. The Bertz CT molecular complexity index is 488. The van der Waals surface area contributed by atoms with Crippen LogP contribution in [0.15, 0.2) is 16.7 Å². The van der Waals surface area contributed by atoms with Crippen LogP contribution in [0.2, 0.25) is 0 Å². The first-order valence-electron chi connectivity index (χ1n) is 5.44. The minimum atomic E-state index is -0.609. The van der Waals surface area contributed by atoms with Crippen LogP contribution in [-0.2, 0) is 9.53 Å². The molecule has 1 amide bonds. The van der Waals surface area contributed by atoms with Gasteiger partial charge >= 0.3 is 5.97 Å². The molecule has 1 aliphatic carbocycles. The Balaban J connectivity index is 1.90. The van der Waals surface area contributed by atoms with Gasteiger partial charge in [-0.25, -0.2) is 9.78 Å². The van der Waals surface area contributed by atoms with E-state index in [9.17, 15) is 9.59 Å². The van der Waals surface area contributed by atoms with Gasteiger partial charge in [-0.3, -0.25) is 4.79 Å². The minimum absolute atomic E-state index is 0.215. The molecule has 96 valence electrons. The van der Waals surface area contributed by atoms with Gasteiger partial charge in [0.25, 0.3) is 5.91 Å². The van der Waals surface area contributed by atoms with E-state index in [1.165, 1.54) is 12.3 Å². The van der Waals surface area contributed by atoms with Crippen LogP contribution in [0.4, 0.5) is 5.82 Å². The number of nitrogens with zero attached hydrogens (tertiary/aromatic N) is 1. The quantitative estimate of drug-likeness (QED) is 0.804. The summed E-state index contributed by atoms with van der Waals surface area (Å²) in [6.07, 6.45) is 3.40. The van der Waals surface area contributed by atoms with Gasteiger partial charge in [-0.2, -0.15) is 0 Å². The monoisotopic (exact) mass is 313 g/mol. The van der Waals surface area contributed by atoms with Crippen molar-refractivity contribution in [1.29, 1.82) is 0 Å². The highest BCUT2D eigenvalue weighted by molar-refractivity contribution is 9.10. The fourth-order valence-electron chi connectivity index (χ4n) is 1.32. The van der Waals surface area contributed by atoms with E-state index in [1.54, 1.807) is 0 Å². The van der Waals surface area contributed by atoms with Crippen molar-refractivity contribution in [1.82, 2.24) is 10.3 Å². The smallest absolute Gasteiger partial charge is 0.339 e. The molecule has 18 heavy (non-hydrogen) atoms. The SMILES string of the molecule is Nc1cc(C(=O)OCC(=O)NC2CC2)c(Br)cn1. The molecular formula is C11H12BrN3O3. The summed E-state index contributed by atoms with van der Waals surface area (Å²) in [7, 11) is 0. The number of esters is 1. The second kappa shape index (κ2) is 5.34. The van der Waals surface area contributed by atoms with E-state index in [-0.39, 0.29) is 29.9 Å². The number of ether oxygens (including phenoxy) is 1. The van der Waals surface area contributed by atoms with Crippen molar-refractivity contribution in [2.24, 2.45) is 0 Å².